The van der Waals surface area contributed by atoms with Gasteiger partial charge in [-0.25, -0.2) is 13.6 Å². The second-order valence-electron chi connectivity index (χ2n) is 6.12. The lowest BCUT2D eigenvalue weighted by atomic mass is 10.1. The lowest BCUT2D eigenvalue weighted by Gasteiger charge is -2.25. The third kappa shape index (κ3) is 3.67. The largest absolute Gasteiger partial charge is 0.350 e. The van der Waals surface area contributed by atoms with E-state index < -0.39 is 10.0 Å². The Bertz CT molecular complexity index is 1090. The number of fused-ring (bicyclic) bond motifs is 1. The zero-order valence-electron chi connectivity index (χ0n) is 14.2. The van der Waals surface area contributed by atoms with Gasteiger partial charge in [0.25, 0.3) is 5.91 Å². The number of carbonyl (C=O) groups excluding carboxylic acids is 1. The van der Waals surface area contributed by atoms with Gasteiger partial charge in [-0.3, -0.25) is 4.79 Å². The minimum absolute atomic E-state index is 0.0261. The quantitative estimate of drug-likeness (QED) is 0.656. The number of nitrogens with two attached hydrogens (primary N) is 1. The number of aromatic amines is 1. The minimum Gasteiger partial charge on any atom is -0.350 e. The molecule has 3 rings (SSSR count). The van der Waals surface area contributed by atoms with Crippen molar-refractivity contribution >= 4 is 42.8 Å². The van der Waals surface area contributed by atoms with E-state index in [-0.39, 0.29) is 16.8 Å². The smallest absolute Gasteiger partial charge is 0.270 e. The van der Waals surface area contributed by atoms with Crippen LogP contribution in [0.1, 0.15) is 29.0 Å². The predicted octanol–water partition coefficient (Wildman–Crippen LogP) is 3.41. The number of carbonyl (C=O) groups is 1. The van der Waals surface area contributed by atoms with Crippen LogP contribution in [0.4, 0.5) is 0 Å². The Morgan fingerprint density at radius 1 is 1.19 bits per heavy atom. The van der Waals surface area contributed by atoms with Crippen LogP contribution in [0.15, 0.2) is 57.9 Å². The highest BCUT2D eigenvalue weighted by molar-refractivity contribution is 9.10. The summed E-state index contributed by atoms with van der Waals surface area (Å²) in [5.41, 5.74) is 2.02. The summed E-state index contributed by atoms with van der Waals surface area (Å²) in [6.45, 7) is 1.83. The third-order valence-electron chi connectivity index (χ3n) is 4.39. The summed E-state index contributed by atoms with van der Waals surface area (Å²) in [5.74, 6) is -0.189. The molecule has 2 aromatic carbocycles. The standard InChI is InChI=1S/C18H18BrN3O3S/c1-11(12-4-3-5-15(8-12)26(20,24)25)22(2)18(23)17-9-13-6-7-14(19)10-16(13)21-17/h3-11,21H,1-2H3,(H2,20,24,25). The summed E-state index contributed by atoms with van der Waals surface area (Å²) in [6.07, 6.45) is 0. The first-order chi connectivity index (χ1) is 12.2. The fourth-order valence-electron chi connectivity index (χ4n) is 2.76. The number of nitrogens with one attached hydrogen (secondary N) is 1. The Labute approximate surface area is 160 Å². The molecule has 3 aromatic rings. The number of hydrogen-bond donors (Lipinski definition) is 2. The molecule has 8 heteroatoms. The van der Waals surface area contributed by atoms with Gasteiger partial charge < -0.3 is 9.88 Å². The van der Waals surface area contributed by atoms with Crippen molar-refractivity contribution < 1.29 is 13.2 Å². The maximum atomic E-state index is 12.8. The van der Waals surface area contributed by atoms with Crippen molar-refractivity contribution in [3.8, 4) is 0 Å². The predicted molar refractivity (Wildman–Crippen MR) is 104 cm³/mol. The summed E-state index contributed by atoms with van der Waals surface area (Å²) in [6, 6.07) is 13.5. The van der Waals surface area contributed by atoms with Crippen LogP contribution >= 0.6 is 15.9 Å². The van der Waals surface area contributed by atoms with E-state index in [4.69, 9.17) is 5.14 Å². The molecule has 0 saturated carbocycles. The first kappa shape index (κ1) is 18.6. The lowest BCUT2D eigenvalue weighted by molar-refractivity contribution is 0.0737. The molecule has 0 fully saturated rings. The van der Waals surface area contributed by atoms with E-state index in [1.165, 1.54) is 12.1 Å². The molecule has 136 valence electrons. The number of halogens is 1. The molecular weight excluding hydrogens is 418 g/mol. The lowest BCUT2D eigenvalue weighted by Crippen LogP contribution is -2.30. The van der Waals surface area contributed by atoms with E-state index in [0.29, 0.717) is 11.3 Å². The number of benzene rings is 2. The molecule has 0 aliphatic carbocycles. The maximum Gasteiger partial charge on any atom is 0.270 e. The second kappa shape index (κ2) is 6.86. The van der Waals surface area contributed by atoms with Crippen LogP contribution in [-0.4, -0.2) is 31.3 Å². The molecule has 0 bridgehead atoms. The molecule has 6 nitrogen and oxygen atoms in total. The van der Waals surface area contributed by atoms with E-state index in [1.807, 2.05) is 25.1 Å². The molecule has 0 aliphatic rings. The molecule has 1 unspecified atom stereocenters. The van der Waals surface area contributed by atoms with Crippen LogP contribution in [0.2, 0.25) is 0 Å². The average Bonchev–Trinajstić information content (AvgIpc) is 3.02. The van der Waals surface area contributed by atoms with Crippen molar-refractivity contribution in [2.24, 2.45) is 5.14 Å². The molecule has 1 atom stereocenters. The van der Waals surface area contributed by atoms with Crippen LogP contribution < -0.4 is 5.14 Å². The monoisotopic (exact) mass is 435 g/mol. The Kier molecular flexibility index (Phi) is 4.92. The van der Waals surface area contributed by atoms with Crippen molar-refractivity contribution in [3.05, 3.63) is 64.3 Å². The normalized spacial score (nSPS) is 12.9. The molecule has 0 spiro atoms. The van der Waals surface area contributed by atoms with E-state index in [2.05, 4.69) is 20.9 Å². The highest BCUT2D eigenvalue weighted by atomic mass is 79.9. The van der Waals surface area contributed by atoms with Gasteiger partial charge in [-0.15, -0.1) is 0 Å². The van der Waals surface area contributed by atoms with Gasteiger partial charge in [0.15, 0.2) is 0 Å². The van der Waals surface area contributed by atoms with Crippen molar-refractivity contribution in [3.63, 3.8) is 0 Å². The molecule has 0 radical (unpaired) electrons. The van der Waals surface area contributed by atoms with E-state index in [0.717, 1.165) is 15.4 Å². The number of sulfonamides is 1. The topological polar surface area (TPSA) is 96.3 Å². The zero-order valence-corrected chi connectivity index (χ0v) is 16.6. The number of nitrogens with zero attached hydrogens (tertiary/aromatic N) is 1. The molecule has 0 aliphatic heterocycles. The molecule has 1 aromatic heterocycles. The van der Waals surface area contributed by atoms with E-state index in [9.17, 15) is 13.2 Å². The van der Waals surface area contributed by atoms with E-state index in [1.54, 1.807) is 30.1 Å². The Balaban J connectivity index is 1.89. The fourth-order valence-corrected chi connectivity index (χ4v) is 3.69. The van der Waals surface area contributed by atoms with Crippen LogP contribution in [0, 0.1) is 0 Å². The van der Waals surface area contributed by atoms with Crippen LogP contribution in [0.5, 0.6) is 0 Å². The second-order valence-corrected chi connectivity index (χ2v) is 8.60. The molecular formula is C18H18BrN3O3S. The summed E-state index contributed by atoms with van der Waals surface area (Å²) in [5, 5.41) is 6.13. The van der Waals surface area contributed by atoms with E-state index >= 15 is 0 Å². The molecule has 26 heavy (non-hydrogen) atoms. The van der Waals surface area contributed by atoms with Gasteiger partial charge >= 0.3 is 0 Å². The maximum absolute atomic E-state index is 12.8. The first-order valence-electron chi connectivity index (χ1n) is 7.85. The van der Waals surface area contributed by atoms with Gasteiger partial charge in [0, 0.05) is 22.4 Å². The summed E-state index contributed by atoms with van der Waals surface area (Å²) < 4.78 is 24.0. The Hall–Kier alpha value is -2.16. The van der Waals surface area contributed by atoms with Crippen LogP contribution in [-0.2, 0) is 10.0 Å². The zero-order chi connectivity index (χ0) is 19.1. The van der Waals surface area contributed by atoms with Gasteiger partial charge in [0.1, 0.15) is 5.69 Å². The molecule has 1 amide bonds. The van der Waals surface area contributed by atoms with Crippen molar-refractivity contribution in [2.45, 2.75) is 17.9 Å². The van der Waals surface area contributed by atoms with Crippen LogP contribution in [0.3, 0.4) is 0 Å². The van der Waals surface area contributed by atoms with Crippen LogP contribution in [0.25, 0.3) is 10.9 Å². The minimum atomic E-state index is -3.79. The van der Waals surface area contributed by atoms with Crippen molar-refractivity contribution in [1.29, 1.82) is 0 Å². The van der Waals surface area contributed by atoms with Gasteiger partial charge in [-0.2, -0.15) is 0 Å². The first-order valence-corrected chi connectivity index (χ1v) is 10.2. The summed E-state index contributed by atoms with van der Waals surface area (Å²) in [4.78, 5) is 17.5. The Morgan fingerprint density at radius 3 is 2.62 bits per heavy atom. The molecule has 3 N–H and O–H groups in total. The van der Waals surface area contributed by atoms with Gasteiger partial charge in [-0.05, 0) is 42.8 Å². The number of rotatable bonds is 4. The summed E-state index contributed by atoms with van der Waals surface area (Å²) >= 11 is 3.41. The molecule has 0 saturated heterocycles. The number of amides is 1. The highest BCUT2D eigenvalue weighted by Crippen LogP contribution is 2.25. The van der Waals surface area contributed by atoms with Gasteiger partial charge in [0.2, 0.25) is 10.0 Å². The molecule has 1 heterocycles. The fraction of sp³-hybridized carbons (Fsp3) is 0.167. The Morgan fingerprint density at radius 2 is 1.92 bits per heavy atom. The van der Waals surface area contributed by atoms with Crippen molar-refractivity contribution in [1.82, 2.24) is 9.88 Å². The van der Waals surface area contributed by atoms with Gasteiger partial charge in [-0.1, -0.05) is 34.1 Å². The highest BCUT2D eigenvalue weighted by Gasteiger charge is 2.21. The number of primary sulfonamides is 1. The number of aromatic nitrogens is 1. The SMILES string of the molecule is CC(c1cccc(S(N)(=O)=O)c1)N(C)C(=O)c1cc2ccc(Br)cc2[nH]1. The van der Waals surface area contributed by atoms with Crippen molar-refractivity contribution in [2.75, 3.05) is 7.05 Å². The summed E-state index contributed by atoms with van der Waals surface area (Å²) in [7, 11) is -2.11. The number of hydrogen-bond acceptors (Lipinski definition) is 3. The average molecular weight is 436 g/mol. The number of H-pyrrole nitrogens is 1. The van der Waals surface area contributed by atoms with Gasteiger partial charge in [0.05, 0.1) is 10.9 Å². The third-order valence-corrected chi connectivity index (χ3v) is 5.79.